The summed E-state index contributed by atoms with van der Waals surface area (Å²) in [5.74, 6) is 0.403. The van der Waals surface area contributed by atoms with Gasteiger partial charge in [0, 0.05) is 5.92 Å². The van der Waals surface area contributed by atoms with Gasteiger partial charge in [-0.2, -0.15) is 0 Å². The van der Waals surface area contributed by atoms with Gasteiger partial charge in [0.15, 0.2) is 0 Å². The van der Waals surface area contributed by atoms with Gasteiger partial charge in [0.1, 0.15) is 0 Å². The third kappa shape index (κ3) is 2.75. The van der Waals surface area contributed by atoms with Crippen LogP contribution >= 0.6 is 0 Å². The fraction of sp³-hybridized carbons (Fsp3) is 0.529. The smallest absolute Gasteiger partial charge is 0.0983 e. The number of hydrogen-bond donors (Lipinski definition) is 1. The second-order valence-electron chi connectivity index (χ2n) is 5.97. The van der Waals surface area contributed by atoms with Crippen LogP contribution in [0.25, 0.3) is 0 Å². The Balaban J connectivity index is 1.70. The van der Waals surface area contributed by atoms with Crippen molar-refractivity contribution in [2.45, 2.75) is 44.3 Å². The molecule has 3 unspecified atom stereocenters. The molecule has 1 aliphatic carbocycles. The van der Waals surface area contributed by atoms with Crippen LogP contribution in [0.3, 0.4) is 0 Å². The van der Waals surface area contributed by atoms with Gasteiger partial charge in [0.25, 0.3) is 0 Å². The zero-order valence-corrected chi connectivity index (χ0v) is 11.5. The van der Waals surface area contributed by atoms with Gasteiger partial charge in [-0.1, -0.05) is 42.0 Å². The van der Waals surface area contributed by atoms with E-state index in [4.69, 9.17) is 4.74 Å². The molecule has 0 radical (unpaired) electrons. The number of ether oxygens (including phenoxy) is 1. The Morgan fingerprint density at radius 3 is 2.84 bits per heavy atom. The highest BCUT2D eigenvalue weighted by molar-refractivity contribution is 5.22. The molecule has 1 aliphatic heterocycles. The number of benzene rings is 1. The van der Waals surface area contributed by atoms with Crippen LogP contribution in [0, 0.1) is 5.92 Å². The number of rotatable bonds is 3. The first-order valence-corrected chi connectivity index (χ1v) is 7.22. The maximum Gasteiger partial charge on any atom is 0.0983 e. The van der Waals surface area contributed by atoms with E-state index in [1.54, 1.807) is 0 Å². The molecule has 1 aromatic carbocycles. The van der Waals surface area contributed by atoms with Crippen LogP contribution in [0.5, 0.6) is 0 Å². The van der Waals surface area contributed by atoms with E-state index in [9.17, 15) is 5.11 Å². The second kappa shape index (κ2) is 5.10. The fourth-order valence-corrected chi connectivity index (χ4v) is 3.26. The predicted molar refractivity (Wildman–Crippen MR) is 75.9 cm³/mol. The average molecular weight is 258 g/mol. The summed E-state index contributed by atoms with van der Waals surface area (Å²) in [7, 11) is 0. The zero-order chi connectivity index (χ0) is 13.3. The van der Waals surface area contributed by atoms with Crippen molar-refractivity contribution < 1.29 is 9.84 Å². The van der Waals surface area contributed by atoms with E-state index < -0.39 is 0 Å². The van der Waals surface area contributed by atoms with E-state index in [1.165, 1.54) is 11.1 Å². The predicted octanol–water partition coefficient (Wildman–Crippen LogP) is 3.11. The monoisotopic (exact) mass is 258 g/mol. The third-order valence-corrected chi connectivity index (χ3v) is 4.61. The first kappa shape index (κ1) is 12.9. The Bertz CT molecular complexity index is 459. The van der Waals surface area contributed by atoms with Crippen LogP contribution in [-0.4, -0.2) is 23.4 Å². The van der Waals surface area contributed by atoms with Crippen molar-refractivity contribution >= 4 is 0 Å². The Hall–Kier alpha value is -1.12. The van der Waals surface area contributed by atoms with Crippen molar-refractivity contribution in [3.8, 4) is 0 Å². The van der Waals surface area contributed by atoms with Gasteiger partial charge in [-0.25, -0.2) is 0 Å². The van der Waals surface area contributed by atoms with Gasteiger partial charge in [-0.15, -0.1) is 0 Å². The summed E-state index contributed by atoms with van der Waals surface area (Å²) in [6, 6.07) is 10.5. The number of epoxide rings is 1. The summed E-state index contributed by atoms with van der Waals surface area (Å²) >= 11 is 0. The molecule has 19 heavy (non-hydrogen) atoms. The molecule has 0 aromatic heterocycles. The van der Waals surface area contributed by atoms with Crippen LogP contribution in [0.2, 0.25) is 0 Å². The van der Waals surface area contributed by atoms with Crippen molar-refractivity contribution in [2.75, 3.05) is 6.61 Å². The highest BCUT2D eigenvalue weighted by atomic mass is 16.6. The van der Waals surface area contributed by atoms with Gasteiger partial charge >= 0.3 is 0 Å². The maximum absolute atomic E-state index is 9.89. The van der Waals surface area contributed by atoms with Gasteiger partial charge < -0.3 is 9.84 Å². The molecule has 1 saturated heterocycles. The largest absolute Gasteiger partial charge is 0.393 e. The molecule has 1 heterocycles. The molecule has 0 bridgehead atoms. The molecule has 1 saturated carbocycles. The molecular formula is C17H22O2. The molecule has 2 fully saturated rings. The standard InChI is InChI=1S/C17H22O2/c1-13(7-8-14-5-3-2-4-6-14)16-11-15(18)9-10-17(16)12-19-17/h2-7,15-16,18H,8-12H2,1H3/b13-7+. The number of allylic oxidation sites excluding steroid dienone is 1. The van der Waals surface area contributed by atoms with Crippen molar-refractivity contribution in [1.29, 1.82) is 0 Å². The normalized spacial score (nSPS) is 34.5. The maximum atomic E-state index is 9.89. The Labute approximate surface area is 115 Å². The van der Waals surface area contributed by atoms with Gasteiger partial charge in [0.2, 0.25) is 0 Å². The second-order valence-corrected chi connectivity index (χ2v) is 5.97. The SMILES string of the molecule is C/C(=C\Cc1ccccc1)C1CC(O)CCC12CO2. The topological polar surface area (TPSA) is 32.8 Å². The summed E-state index contributed by atoms with van der Waals surface area (Å²) in [4.78, 5) is 0. The molecule has 102 valence electrons. The van der Waals surface area contributed by atoms with E-state index >= 15 is 0 Å². The zero-order valence-electron chi connectivity index (χ0n) is 11.5. The minimum atomic E-state index is -0.153. The third-order valence-electron chi connectivity index (χ3n) is 4.61. The highest BCUT2D eigenvalue weighted by Crippen LogP contribution is 2.49. The molecule has 1 N–H and O–H groups in total. The lowest BCUT2D eigenvalue weighted by molar-refractivity contribution is 0.0615. The fourth-order valence-electron chi connectivity index (χ4n) is 3.26. The van der Waals surface area contributed by atoms with Crippen LogP contribution in [0.1, 0.15) is 31.7 Å². The van der Waals surface area contributed by atoms with Crippen molar-refractivity contribution in [2.24, 2.45) is 5.92 Å². The van der Waals surface area contributed by atoms with Crippen molar-refractivity contribution in [1.82, 2.24) is 0 Å². The van der Waals surface area contributed by atoms with E-state index in [0.29, 0.717) is 5.92 Å². The number of hydrogen-bond acceptors (Lipinski definition) is 2. The molecule has 2 aliphatic rings. The summed E-state index contributed by atoms with van der Waals surface area (Å²) in [6.07, 6.45) is 5.88. The van der Waals surface area contributed by atoms with E-state index in [1.807, 2.05) is 6.07 Å². The van der Waals surface area contributed by atoms with Gasteiger partial charge in [-0.05, 0) is 38.2 Å². The molecule has 1 aromatic rings. The lowest BCUT2D eigenvalue weighted by atomic mass is 9.74. The molecule has 1 spiro atoms. The number of aliphatic hydroxyl groups is 1. The van der Waals surface area contributed by atoms with Gasteiger partial charge in [-0.3, -0.25) is 0 Å². The lowest BCUT2D eigenvalue weighted by Gasteiger charge is -2.32. The first-order chi connectivity index (χ1) is 9.20. The summed E-state index contributed by atoms with van der Waals surface area (Å²) < 4.78 is 5.72. The minimum Gasteiger partial charge on any atom is -0.393 e. The quantitative estimate of drug-likeness (QED) is 0.667. The molecule has 3 atom stereocenters. The summed E-state index contributed by atoms with van der Waals surface area (Å²) in [6.45, 7) is 3.07. The van der Waals surface area contributed by atoms with Crippen LogP contribution in [-0.2, 0) is 11.2 Å². The highest BCUT2D eigenvalue weighted by Gasteiger charge is 2.54. The van der Waals surface area contributed by atoms with Crippen LogP contribution < -0.4 is 0 Å². The van der Waals surface area contributed by atoms with Crippen LogP contribution in [0.15, 0.2) is 42.0 Å². The summed E-state index contributed by atoms with van der Waals surface area (Å²) in [5.41, 5.74) is 2.78. The van der Waals surface area contributed by atoms with E-state index in [-0.39, 0.29) is 11.7 Å². The van der Waals surface area contributed by atoms with E-state index in [0.717, 1.165) is 32.3 Å². The lowest BCUT2D eigenvalue weighted by Crippen LogP contribution is -2.35. The Morgan fingerprint density at radius 2 is 2.16 bits per heavy atom. The van der Waals surface area contributed by atoms with Crippen molar-refractivity contribution in [3.05, 3.63) is 47.5 Å². The first-order valence-electron chi connectivity index (χ1n) is 7.22. The summed E-state index contributed by atoms with van der Waals surface area (Å²) in [5, 5.41) is 9.89. The Kier molecular flexibility index (Phi) is 3.46. The minimum absolute atomic E-state index is 0.0660. The molecule has 3 rings (SSSR count). The number of aliphatic hydroxyl groups excluding tert-OH is 1. The van der Waals surface area contributed by atoms with Crippen molar-refractivity contribution in [3.63, 3.8) is 0 Å². The molecule has 0 amide bonds. The van der Waals surface area contributed by atoms with E-state index in [2.05, 4.69) is 37.3 Å². The van der Waals surface area contributed by atoms with Gasteiger partial charge in [0.05, 0.1) is 18.3 Å². The van der Waals surface area contributed by atoms with Crippen LogP contribution in [0.4, 0.5) is 0 Å². The molecular weight excluding hydrogens is 236 g/mol. The molecule has 2 nitrogen and oxygen atoms in total. The molecule has 2 heteroatoms. The Morgan fingerprint density at radius 1 is 1.42 bits per heavy atom. The average Bonchev–Trinajstić information content (AvgIpc) is 3.21.